The van der Waals surface area contributed by atoms with Gasteiger partial charge in [0.25, 0.3) is 16.0 Å². The highest BCUT2D eigenvalue weighted by molar-refractivity contribution is 7.85. The lowest BCUT2D eigenvalue weighted by molar-refractivity contribution is -0.140. The first-order chi connectivity index (χ1) is 28.3. The Labute approximate surface area is 345 Å². The lowest BCUT2D eigenvalue weighted by Crippen LogP contribution is -2.44. The van der Waals surface area contributed by atoms with Crippen molar-refractivity contribution in [1.82, 2.24) is 30.8 Å². The first-order valence-electron chi connectivity index (χ1n) is 19.3. The minimum atomic E-state index is -4.56. The van der Waals surface area contributed by atoms with Crippen LogP contribution in [0.5, 0.6) is 0 Å². The molecule has 0 saturated carbocycles. The molecule has 8 bridgehead atoms. The summed E-state index contributed by atoms with van der Waals surface area (Å²) in [5, 5.41) is 12.2. The van der Waals surface area contributed by atoms with Gasteiger partial charge in [-0.15, -0.1) is 0 Å². The number of hydrazine groups is 1. The third-order valence-electron chi connectivity index (χ3n) is 11.4. The number of rotatable bonds is 10. The molecule has 0 spiro atoms. The van der Waals surface area contributed by atoms with Gasteiger partial charge in [0.1, 0.15) is 0 Å². The van der Waals surface area contributed by atoms with Crippen LogP contribution in [-0.4, -0.2) is 74.8 Å². The first kappa shape index (κ1) is 43.2. The van der Waals surface area contributed by atoms with Crippen molar-refractivity contribution in [1.29, 1.82) is 0 Å². The number of carboxylic acid groups (broad SMARTS) is 1. The SMILES string of the molecule is CCC1c2cc3[nH]c(c(CC(=O)OC)c4nc(cc5[nH]c(cc(n2)[C@@H]1C)c(C(C)=O)c5C)[C@@H](C)C4CCC(=O)O)c(C(=O)NNC(=O)Nc1cccc(S(=O)(=O)O)c1)c3C. The monoisotopic (exact) mass is 841 g/mol. The largest absolute Gasteiger partial charge is 0.481 e. The molecule has 60 heavy (non-hydrogen) atoms. The Balaban J connectivity index is 1.63. The van der Waals surface area contributed by atoms with Gasteiger partial charge >= 0.3 is 18.0 Å². The first-order valence-corrected chi connectivity index (χ1v) is 20.8. The van der Waals surface area contributed by atoms with Gasteiger partial charge in [-0.3, -0.25) is 39.1 Å². The van der Waals surface area contributed by atoms with Gasteiger partial charge in [-0.1, -0.05) is 26.8 Å². The van der Waals surface area contributed by atoms with E-state index in [4.69, 9.17) is 14.7 Å². The summed E-state index contributed by atoms with van der Waals surface area (Å²) in [6.07, 6.45) is 0.240. The standard InChI is InChI=1S/C42H47N7O10S/c1-8-26-19(2)29-18-34-37(23(6)50)21(4)31(45-34)16-30-20(3)27(12-13-35(51)52)39(46-30)28(15-36(53)59-7)40-38(22(5)32(47-40)17-33(26)44-29)41(54)48-49-42(55)43-24-10-9-11-25(14-24)60(56,57)58/h9-11,14,16-20,26-27,45,47H,8,12-13,15H2,1-7H3,(H,48,54)(H,51,52)(H2,43,49,55)(H,56,57,58)/t19-,20+,26?,27?/m1/s1. The minimum absolute atomic E-state index is 0.00297. The van der Waals surface area contributed by atoms with Crippen molar-refractivity contribution in [3.05, 3.63) is 93.1 Å². The molecule has 1 aromatic carbocycles. The number of carboxylic acids is 1. The van der Waals surface area contributed by atoms with E-state index in [1.807, 2.05) is 39.0 Å². The Kier molecular flexibility index (Phi) is 12.3. The number of ketones is 1. The van der Waals surface area contributed by atoms with E-state index < -0.39 is 44.8 Å². The Hall–Kier alpha value is -6.40. The smallest absolute Gasteiger partial charge is 0.337 e. The molecule has 0 fully saturated rings. The number of carbonyl (C=O) groups is 5. The molecule has 3 aromatic heterocycles. The van der Waals surface area contributed by atoms with Crippen molar-refractivity contribution < 1.29 is 46.8 Å². The maximum Gasteiger partial charge on any atom is 0.337 e. The van der Waals surface area contributed by atoms with Gasteiger partial charge in [-0.2, -0.15) is 8.42 Å². The third kappa shape index (κ3) is 8.65. The molecule has 0 saturated heterocycles. The number of fused-ring (bicyclic) bond motifs is 8. The molecule has 5 heterocycles. The van der Waals surface area contributed by atoms with E-state index >= 15 is 0 Å². The van der Waals surface area contributed by atoms with Crippen molar-refractivity contribution in [2.75, 3.05) is 12.4 Å². The van der Waals surface area contributed by atoms with Crippen LogP contribution in [0.25, 0.3) is 22.1 Å². The van der Waals surface area contributed by atoms with Gasteiger partial charge in [0.2, 0.25) is 0 Å². The number of methoxy groups -OCH3 is 1. The zero-order valence-corrected chi connectivity index (χ0v) is 35.0. The highest BCUT2D eigenvalue weighted by Crippen LogP contribution is 2.43. The Morgan fingerprint density at radius 1 is 0.850 bits per heavy atom. The van der Waals surface area contributed by atoms with E-state index in [0.717, 1.165) is 17.8 Å². The fourth-order valence-electron chi connectivity index (χ4n) is 8.20. The quantitative estimate of drug-likeness (QED) is 0.0385. The van der Waals surface area contributed by atoms with Gasteiger partial charge in [-0.05, 0) is 81.1 Å². The number of aryl methyl sites for hydroxylation is 2. The van der Waals surface area contributed by atoms with Crippen molar-refractivity contribution in [2.24, 2.45) is 0 Å². The molecule has 7 N–H and O–H groups in total. The summed E-state index contributed by atoms with van der Waals surface area (Å²) in [7, 11) is -3.34. The molecule has 6 rings (SSSR count). The van der Waals surface area contributed by atoms with Gasteiger partial charge < -0.3 is 25.1 Å². The molecule has 2 aliphatic heterocycles. The van der Waals surface area contributed by atoms with Crippen LogP contribution in [0, 0.1) is 13.8 Å². The predicted molar refractivity (Wildman–Crippen MR) is 222 cm³/mol. The van der Waals surface area contributed by atoms with Crippen molar-refractivity contribution in [2.45, 2.75) is 95.8 Å². The van der Waals surface area contributed by atoms with E-state index in [0.29, 0.717) is 56.7 Å². The predicted octanol–water partition coefficient (Wildman–Crippen LogP) is 6.61. The zero-order valence-electron chi connectivity index (χ0n) is 34.1. The van der Waals surface area contributed by atoms with Crippen molar-refractivity contribution >= 4 is 67.5 Å². The summed E-state index contributed by atoms with van der Waals surface area (Å²) in [6.45, 7) is 11.0. The highest BCUT2D eigenvalue weighted by atomic mass is 32.2. The summed E-state index contributed by atoms with van der Waals surface area (Å²) in [4.78, 5) is 82.1. The Morgan fingerprint density at radius 3 is 2.13 bits per heavy atom. The second-order valence-electron chi connectivity index (χ2n) is 15.1. The van der Waals surface area contributed by atoms with Crippen LogP contribution in [0.15, 0.2) is 47.4 Å². The molecule has 18 heteroatoms. The van der Waals surface area contributed by atoms with Crippen molar-refractivity contribution in [3.63, 3.8) is 0 Å². The molecular formula is C42H47N7O10S. The van der Waals surface area contributed by atoms with Crippen LogP contribution in [0.3, 0.4) is 0 Å². The number of nitrogens with one attached hydrogen (secondary N) is 5. The number of benzene rings is 1. The number of anilines is 1. The highest BCUT2D eigenvalue weighted by Gasteiger charge is 2.34. The molecule has 4 atom stereocenters. The summed E-state index contributed by atoms with van der Waals surface area (Å²) < 4.78 is 37.8. The normalized spacial score (nSPS) is 17.5. The molecule has 4 aromatic rings. The average molecular weight is 842 g/mol. The van der Waals surface area contributed by atoms with Gasteiger partial charge in [-0.25, -0.2) is 10.2 Å². The van der Waals surface area contributed by atoms with Crippen LogP contribution in [-0.2, 0) is 30.9 Å². The molecular weight excluding hydrogens is 795 g/mol. The molecule has 0 aliphatic carbocycles. The summed E-state index contributed by atoms with van der Waals surface area (Å²) in [5.41, 5.74) is 10.8. The molecule has 2 aliphatic rings. The van der Waals surface area contributed by atoms with Gasteiger partial charge in [0.05, 0.1) is 40.7 Å². The number of Topliss-reactive ketones (excluding diaryl/α,β-unsaturated/α-hetero) is 1. The number of nitrogens with zero attached hydrogens (tertiary/aromatic N) is 2. The number of urea groups is 1. The third-order valence-corrected chi connectivity index (χ3v) is 12.2. The van der Waals surface area contributed by atoms with Gasteiger partial charge in [0, 0.05) is 75.0 Å². The molecule has 316 valence electrons. The number of ether oxygens (including phenoxy) is 1. The summed E-state index contributed by atoms with van der Waals surface area (Å²) in [6, 6.07) is 9.44. The zero-order chi connectivity index (χ0) is 43.8. The van der Waals surface area contributed by atoms with E-state index in [2.05, 4.69) is 33.1 Å². The molecule has 3 amide bonds. The number of aromatic amines is 2. The van der Waals surface area contributed by atoms with Gasteiger partial charge in [0.15, 0.2) is 5.78 Å². The minimum Gasteiger partial charge on any atom is -0.481 e. The maximum atomic E-state index is 14.3. The van der Waals surface area contributed by atoms with E-state index in [-0.39, 0.29) is 65.1 Å². The number of H-pyrrole nitrogens is 2. The second-order valence-corrected chi connectivity index (χ2v) is 16.6. The van der Waals surface area contributed by atoms with Crippen LogP contribution in [0.1, 0.15) is 131 Å². The van der Waals surface area contributed by atoms with Crippen LogP contribution in [0.2, 0.25) is 0 Å². The second kappa shape index (κ2) is 17.1. The molecule has 0 radical (unpaired) electrons. The van der Waals surface area contributed by atoms with Crippen LogP contribution < -0.4 is 16.2 Å². The average Bonchev–Trinajstić information content (AvgIpc) is 3.87. The number of carbonyl (C=O) groups excluding carboxylic acids is 4. The number of esters is 1. The van der Waals surface area contributed by atoms with E-state index in [1.54, 1.807) is 6.92 Å². The topological polar surface area (TPSA) is 263 Å². The number of aromatic nitrogens is 4. The lowest BCUT2D eigenvalue weighted by Gasteiger charge is -2.17. The maximum absolute atomic E-state index is 14.3. The van der Waals surface area contributed by atoms with Crippen LogP contribution >= 0.6 is 0 Å². The number of hydrogen-bond acceptors (Lipinski definition) is 10. The van der Waals surface area contributed by atoms with Crippen molar-refractivity contribution in [3.8, 4) is 0 Å². The number of amides is 3. The van der Waals surface area contributed by atoms with Crippen LogP contribution in [0.4, 0.5) is 10.5 Å². The summed E-state index contributed by atoms with van der Waals surface area (Å²) in [5.74, 6) is -3.68. The number of hydrogen-bond donors (Lipinski definition) is 7. The number of aliphatic carboxylic acids is 1. The molecule has 2 unspecified atom stereocenters. The van der Waals surface area contributed by atoms with E-state index in [9.17, 15) is 42.0 Å². The van der Waals surface area contributed by atoms with E-state index in [1.165, 1.54) is 26.2 Å². The fraction of sp³-hybridized carbons (Fsp3) is 0.357. The summed E-state index contributed by atoms with van der Waals surface area (Å²) >= 11 is 0. The fourth-order valence-corrected chi connectivity index (χ4v) is 8.73. The molecule has 17 nitrogen and oxygen atoms in total. The lowest BCUT2D eigenvalue weighted by atomic mass is 9.85. The Bertz CT molecular complexity index is 2720. The Morgan fingerprint density at radius 2 is 1.48 bits per heavy atom.